The molecule has 0 saturated heterocycles. The molecule has 1 unspecified atom stereocenters. The van der Waals surface area contributed by atoms with Gasteiger partial charge in [-0.2, -0.15) is 0 Å². The number of nitrogens with one attached hydrogen (secondary N) is 1. The van der Waals surface area contributed by atoms with Crippen molar-refractivity contribution in [1.29, 1.82) is 0 Å². The van der Waals surface area contributed by atoms with Crippen molar-refractivity contribution < 1.29 is 14.3 Å². The Labute approximate surface area is 173 Å². The van der Waals surface area contributed by atoms with Crippen molar-refractivity contribution in [2.45, 2.75) is 26.0 Å². The molecule has 30 heavy (non-hydrogen) atoms. The number of aliphatic hydroxyl groups is 1. The lowest BCUT2D eigenvalue weighted by molar-refractivity contribution is 0.106. The van der Waals surface area contributed by atoms with Crippen LogP contribution in [0.25, 0.3) is 22.0 Å². The predicted molar refractivity (Wildman–Crippen MR) is 116 cm³/mol. The molecule has 2 aromatic carbocycles. The molecular formula is C23H25N3O4. The Bertz CT molecular complexity index is 1200. The van der Waals surface area contributed by atoms with E-state index in [4.69, 9.17) is 9.15 Å². The standard InChI is InChI=1S/C23H25N3O4/c1-16-7-9-21(23-18(16)8-10-22(28)30-23)29-14-17(27)13-24-11-4-12-26-15-25-19-5-2-3-6-20(19)26/h2-3,5-10,15,17,24,27H,4,11-14H2,1H3. The van der Waals surface area contributed by atoms with E-state index in [9.17, 15) is 9.90 Å². The highest BCUT2D eigenvalue weighted by atomic mass is 16.5. The Morgan fingerprint density at radius 3 is 2.97 bits per heavy atom. The van der Waals surface area contributed by atoms with E-state index in [-0.39, 0.29) is 6.61 Å². The van der Waals surface area contributed by atoms with E-state index in [1.54, 1.807) is 12.1 Å². The Kier molecular flexibility index (Phi) is 6.11. The molecule has 0 radical (unpaired) electrons. The lowest BCUT2D eigenvalue weighted by Gasteiger charge is -2.14. The minimum absolute atomic E-state index is 0.107. The molecule has 0 spiro atoms. The van der Waals surface area contributed by atoms with E-state index in [1.807, 2.05) is 37.5 Å². The van der Waals surface area contributed by atoms with Crippen LogP contribution in [-0.4, -0.2) is 40.5 Å². The third-order valence-corrected chi connectivity index (χ3v) is 5.06. The van der Waals surface area contributed by atoms with Gasteiger partial charge in [-0.05, 0) is 49.7 Å². The number of imidazole rings is 1. The van der Waals surface area contributed by atoms with Gasteiger partial charge >= 0.3 is 5.63 Å². The van der Waals surface area contributed by atoms with Crippen LogP contribution in [0.2, 0.25) is 0 Å². The number of para-hydroxylation sites is 2. The molecule has 0 aliphatic heterocycles. The number of aliphatic hydroxyl groups excluding tert-OH is 1. The highest BCUT2D eigenvalue weighted by Gasteiger charge is 2.11. The summed E-state index contributed by atoms with van der Waals surface area (Å²) in [5, 5.41) is 14.3. The van der Waals surface area contributed by atoms with Gasteiger partial charge in [0.25, 0.3) is 0 Å². The summed E-state index contributed by atoms with van der Waals surface area (Å²) in [5.41, 5.74) is 3.11. The smallest absolute Gasteiger partial charge is 0.336 e. The van der Waals surface area contributed by atoms with Crippen LogP contribution in [-0.2, 0) is 6.54 Å². The molecule has 0 aliphatic carbocycles. The van der Waals surface area contributed by atoms with Crippen LogP contribution >= 0.6 is 0 Å². The zero-order valence-electron chi connectivity index (χ0n) is 16.9. The molecule has 1 atom stereocenters. The topological polar surface area (TPSA) is 89.5 Å². The molecule has 156 valence electrons. The molecule has 7 nitrogen and oxygen atoms in total. The first kappa shape index (κ1) is 20.1. The summed E-state index contributed by atoms with van der Waals surface area (Å²) in [5.74, 6) is 0.458. The summed E-state index contributed by atoms with van der Waals surface area (Å²) in [6.07, 6.45) is 2.10. The van der Waals surface area contributed by atoms with Crippen LogP contribution in [0.4, 0.5) is 0 Å². The van der Waals surface area contributed by atoms with Gasteiger partial charge in [0.05, 0.1) is 17.4 Å². The monoisotopic (exact) mass is 407 g/mol. The summed E-state index contributed by atoms with van der Waals surface area (Å²) in [6.45, 7) is 4.09. The molecule has 2 heterocycles. The number of nitrogens with zero attached hydrogens (tertiary/aromatic N) is 2. The number of benzene rings is 2. The zero-order chi connectivity index (χ0) is 20.9. The second-order valence-corrected chi connectivity index (χ2v) is 7.33. The van der Waals surface area contributed by atoms with Gasteiger partial charge in [-0.1, -0.05) is 18.2 Å². The van der Waals surface area contributed by atoms with Gasteiger partial charge in [0.2, 0.25) is 0 Å². The summed E-state index contributed by atoms with van der Waals surface area (Å²) in [6, 6.07) is 14.8. The van der Waals surface area contributed by atoms with Gasteiger partial charge in [-0.3, -0.25) is 0 Å². The largest absolute Gasteiger partial charge is 0.487 e. The van der Waals surface area contributed by atoms with E-state index >= 15 is 0 Å². The molecule has 2 N–H and O–H groups in total. The quantitative estimate of drug-likeness (QED) is 0.328. The second-order valence-electron chi connectivity index (χ2n) is 7.33. The van der Waals surface area contributed by atoms with Crippen molar-refractivity contribution in [2.75, 3.05) is 19.7 Å². The molecule has 2 aromatic heterocycles. The molecule has 0 bridgehead atoms. The highest BCUT2D eigenvalue weighted by molar-refractivity contribution is 5.85. The average molecular weight is 407 g/mol. The van der Waals surface area contributed by atoms with Crippen LogP contribution in [0, 0.1) is 6.92 Å². The van der Waals surface area contributed by atoms with Gasteiger partial charge in [-0.25, -0.2) is 9.78 Å². The van der Waals surface area contributed by atoms with E-state index in [1.165, 1.54) is 6.07 Å². The van der Waals surface area contributed by atoms with E-state index in [0.29, 0.717) is 17.9 Å². The minimum Gasteiger partial charge on any atom is -0.487 e. The first-order valence-electron chi connectivity index (χ1n) is 10.1. The molecule has 4 rings (SSSR count). The summed E-state index contributed by atoms with van der Waals surface area (Å²) in [4.78, 5) is 15.9. The fourth-order valence-corrected chi connectivity index (χ4v) is 3.47. The number of aryl methyl sites for hydroxylation is 2. The molecule has 0 amide bonds. The third-order valence-electron chi connectivity index (χ3n) is 5.06. The Morgan fingerprint density at radius 1 is 1.20 bits per heavy atom. The van der Waals surface area contributed by atoms with E-state index in [2.05, 4.69) is 20.9 Å². The van der Waals surface area contributed by atoms with Crippen molar-refractivity contribution in [3.8, 4) is 5.75 Å². The summed E-state index contributed by atoms with van der Waals surface area (Å²) >= 11 is 0. The van der Waals surface area contributed by atoms with Gasteiger partial charge in [0.1, 0.15) is 12.7 Å². The van der Waals surface area contributed by atoms with E-state index in [0.717, 1.165) is 41.5 Å². The first-order valence-corrected chi connectivity index (χ1v) is 10.1. The first-order chi connectivity index (χ1) is 14.6. The van der Waals surface area contributed by atoms with Gasteiger partial charge in [-0.15, -0.1) is 0 Å². The normalized spacial score (nSPS) is 12.5. The van der Waals surface area contributed by atoms with Crippen LogP contribution in [0.3, 0.4) is 0 Å². The van der Waals surface area contributed by atoms with Crippen molar-refractivity contribution >= 4 is 22.0 Å². The number of aromatic nitrogens is 2. The summed E-state index contributed by atoms with van der Waals surface area (Å²) < 4.78 is 13.2. The van der Waals surface area contributed by atoms with Crippen LogP contribution in [0.15, 0.2) is 64.1 Å². The minimum atomic E-state index is -0.675. The van der Waals surface area contributed by atoms with Crippen LogP contribution in [0.5, 0.6) is 5.75 Å². The van der Waals surface area contributed by atoms with E-state index < -0.39 is 11.7 Å². The van der Waals surface area contributed by atoms with Crippen LogP contribution in [0.1, 0.15) is 12.0 Å². The SMILES string of the molecule is Cc1ccc(OCC(O)CNCCCn2cnc3ccccc32)c2oc(=O)ccc12. The van der Waals surface area contributed by atoms with Gasteiger partial charge < -0.3 is 24.1 Å². The maximum atomic E-state index is 11.6. The number of ether oxygens (including phenoxy) is 1. The van der Waals surface area contributed by atoms with Gasteiger partial charge in [0, 0.05) is 24.5 Å². The number of hydrogen-bond acceptors (Lipinski definition) is 6. The highest BCUT2D eigenvalue weighted by Crippen LogP contribution is 2.27. The lowest BCUT2D eigenvalue weighted by atomic mass is 10.1. The Morgan fingerprint density at radius 2 is 2.07 bits per heavy atom. The lowest BCUT2D eigenvalue weighted by Crippen LogP contribution is -2.32. The van der Waals surface area contributed by atoms with Gasteiger partial charge in [0.15, 0.2) is 11.3 Å². The van der Waals surface area contributed by atoms with Crippen molar-refractivity contribution in [2.24, 2.45) is 0 Å². The predicted octanol–water partition coefficient (Wildman–Crippen LogP) is 2.87. The zero-order valence-corrected chi connectivity index (χ0v) is 16.9. The number of fused-ring (bicyclic) bond motifs is 2. The molecule has 0 fully saturated rings. The maximum Gasteiger partial charge on any atom is 0.336 e. The molecule has 0 saturated carbocycles. The Balaban J connectivity index is 1.23. The average Bonchev–Trinajstić information content (AvgIpc) is 3.16. The molecule has 0 aliphatic rings. The Hall–Kier alpha value is -3.16. The molecule has 7 heteroatoms. The number of hydrogen-bond donors (Lipinski definition) is 2. The third kappa shape index (κ3) is 4.53. The van der Waals surface area contributed by atoms with Crippen molar-refractivity contribution in [3.05, 3.63) is 70.8 Å². The maximum absolute atomic E-state index is 11.6. The second kappa shape index (κ2) is 9.11. The summed E-state index contributed by atoms with van der Waals surface area (Å²) in [7, 11) is 0. The number of rotatable bonds is 9. The fourth-order valence-electron chi connectivity index (χ4n) is 3.47. The fraction of sp³-hybridized carbons (Fsp3) is 0.304. The molecular weight excluding hydrogens is 382 g/mol. The van der Waals surface area contributed by atoms with Crippen molar-refractivity contribution in [3.63, 3.8) is 0 Å². The van der Waals surface area contributed by atoms with Crippen molar-refractivity contribution in [1.82, 2.24) is 14.9 Å². The van der Waals surface area contributed by atoms with Crippen LogP contribution < -0.4 is 15.7 Å². The molecule has 4 aromatic rings.